The lowest BCUT2D eigenvalue weighted by Gasteiger charge is -2.21. The standard InChI is InChI=1S/C25H30N4O3/c1-5-17(24(30)20-9-7-8-12-26-20)10-11-18-13-19(22-15(3)29-32-16(22)4)14-21-23(18)28-25(27-21)31-6-2/h7-9,12-14,17,24,30H,5-6,10-11H2,1-4H3,(H,27,28). The Morgan fingerprint density at radius 1 is 1.19 bits per heavy atom. The van der Waals surface area contributed by atoms with Crippen molar-refractivity contribution in [3.8, 4) is 17.1 Å². The largest absolute Gasteiger partial charge is 0.465 e. The molecule has 0 fully saturated rings. The van der Waals surface area contributed by atoms with E-state index < -0.39 is 6.10 Å². The van der Waals surface area contributed by atoms with Gasteiger partial charge in [0.15, 0.2) is 0 Å². The lowest BCUT2D eigenvalue weighted by molar-refractivity contribution is 0.0965. The van der Waals surface area contributed by atoms with Crippen LogP contribution in [0.15, 0.2) is 41.1 Å². The van der Waals surface area contributed by atoms with Crippen molar-refractivity contribution >= 4 is 11.0 Å². The number of benzene rings is 1. The zero-order chi connectivity index (χ0) is 22.7. The number of aliphatic hydroxyl groups is 1. The number of H-pyrrole nitrogens is 1. The van der Waals surface area contributed by atoms with E-state index in [1.54, 1.807) is 6.20 Å². The van der Waals surface area contributed by atoms with E-state index in [9.17, 15) is 5.11 Å². The van der Waals surface area contributed by atoms with Gasteiger partial charge >= 0.3 is 0 Å². The van der Waals surface area contributed by atoms with Crippen molar-refractivity contribution in [2.45, 2.75) is 53.1 Å². The number of nitrogens with one attached hydrogen (secondary N) is 1. The summed E-state index contributed by atoms with van der Waals surface area (Å²) in [4.78, 5) is 12.3. The average molecular weight is 435 g/mol. The predicted molar refractivity (Wildman–Crippen MR) is 124 cm³/mol. The summed E-state index contributed by atoms with van der Waals surface area (Å²) in [6.45, 7) is 8.46. The number of hydrogen-bond donors (Lipinski definition) is 2. The van der Waals surface area contributed by atoms with Gasteiger partial charge in [-0.15, -0.1) is 0 Å². The number of rotatable bonds is 9. The van der Waals surface area contributed by atoms with Gasteiger partial charge in [-0.2, -0.15) is 4.98 Å². The van der Waals surface area contributed by atoms with E-state index >= 15 is 0 Å². The third kappa shape index (κ3) is 4.39. The molecule has 2 atom stereocenters. The highest BCUT2D eigenvalue weighted by Gasteiger charge is 2.22. The number of nitrogens with zero attached hydrogens (tertiary/aromatic N) is 3. The summed E-state index contributed by atoms with van der Waals surface area (Å²) in [7, 11) is 0. The molecule has 0 bridgehead atoms. The lowest BCUT2D eigenvalue weighted by Crippen LogP contribution is -2.14. The first-order chi connectivity index (χ1) is 15.5. The molecule has 0 radical (unpaired) electrons. The molecule has 4 aromatic rings. The van der Waals surface area contributed by atoms with Gasteiger partial charge in [0.2, 0.25) is 0 Å². The van der Waals surface area contributed by atoms with Crippen LogP contribution < -0.4 is 4.74 Å². The topological polar surface area (TPSA) is 97.1 Å². The van der Waals surface area contributed by atoms with Gasteiger partial charge in [-0.1, -0.05) is 24.6 Å². The molecule has 168 valence electrons. The van der Waals surface area contributed by atoms with Gasteiger partial charge in [0.25, 0.3) is 6.01 Å². The second-order valence-electron chi connectivity index (χ2n) is 8.11. The van der Waals surface area contributed by atoms with Crippen molar-refractivity contribution in [3.63, 3.8) is 0 Å². The first kappa shape index (κ1) is 22.0. The highest BCUT2D eigenvalue weighted by atomic mass is 16.5. The third-order valence-electron chi connectivity index (χ3n) is 5.99. The minimum absolute atomic E-state index is 0.0907. The van der Waals surface area contributed by atoms with E-state index in [1.807, 2.05) is 39.0 Å². The molecule has 0 amide bonds. The number of aromatic nitrogens is 4. The first-order valence-electron chi connectivity index (χ1n) is 11.2. The predicted octanol–water partition coefficient (Wildman–Crippen LogP) is 5.32. The smallest absolute Gasteiger partial charge is 0.294 e. The van der Waals surface area contributed by atoms with Crippen molar-refractivity contribution in [3.05, 3.63) is 59.2 Å². The van der Waals surface area contributed by atoms with Crippen LogP contribution in [0.2, 0.25) is 0 Å². The molecule has 2 unspecified atom stereocenters. The molecule has 0 aliphatic carbocycles. The molecule has 7 heteroatoms. The molecule has 3 heterocycles. The van der Waals surface area contributed by atoms with Crippen molar-refractivity contribution in [1.29, 1.82) is 0 Å². The summed E-state index contributed by atoms with van der Waals surface area (Å²) < 4.78 is 11.0. The maximum Gasteiger partial charge on any atom is 0.294 e. The Hall–Kier alpha value is -3.19. The van der Waals surface area contributed by atoms with Crippen LogP contribution in [0.25, 0.3) is 22.2 Å². The maximum absolute atomic E-state index is 10.9. The second-order valence-corrected chi connectivity index (χ2v) is 8.11. The van der Waals surface area contributed by atoms with E-state index in [-0.39, 0.29) is 5.92 Å². The van der Waals surface area contributed by atoms with Crippen LogP contribution >= 0.6 is 0 Å². The number of pyridine rings is 1. The van der Waals surface area contributed by atoms with E-state index in [0.717, 1.165) is 58.4 Å². The maximum atomic E-state index is 10.9. The van der Waals surface area contributed by atoms with Crippen molar-refractivity contribution in [2.75, 3.05) is 6.61 Å². The quantitative estimate of drug-likeness (QED) is 0.370. The fourth-order valence-corrected chi connectivity index (χ4v) is 4.32. The molecule has 4 rings (SSSR count). The van der Waals surface area contributed by atoms with Crippen molar-refractivity contribution in [1.82, 2.24) is 20.1 Å². The Labute approximate surface area is 187 Å². The van der Waals surface area contributed by atoms with Gasteiger partial charge in [-0.3, -0.25) is 4.98 Å². The van der Waals surface area contributed by atoms with Crippen LogP contribution in [-0.2, 0) is 6.42 Å². The van der Waals surface area contributed by atoms with E-state index in [4.69, 9.17) is 9.26 Å². The molecule has 0 aliphatic rings. The minimum Gasteiger partial charge on any atom is -0.465 e. The summed E-state index contributed by atoms with van der Waals surface area (Å²) in [6, 6.07) is 10.4. The number of aryl methyl sites for hydroxylation is 3. The molecule has 32 heavy (non-hydrogen) atoms. The van der Waals surface area contributed by atoms with E-state index in [1.165, 1.54) is 0 Å². The zero-order valence-electron chi connectivity index (χ0n) is 19.1. The fraction of sp³-hybridized carbons (Fsp3) is 0.400. The van der Waals surface area contributed by atoms with Gasteiger partial charge < -0.3 is 19.4 Å². The number of imidazole rings is 1. The summed E-state index contributed by atoms with van der Waals surface area (Å²) in [6.07, 6.45) is 3.56. The number of hydrogen-bond acceptors (Lipinski definition) is 6. The highest BCUT2D eigenvalue weighted by molar-refractivity contribution is 5.86. The van der Waals surface area contributed by atoms with Gasteiger partial charge in [0.05, 0.1) is 35.1 Å². The Balaban J connectivity index is 1.68. The second kappa shape index (κ2) is 9.53. The van der Waals surface area contributed by atoms with Gasteiger partial charge in [0.1, 0.15) is 5.76 Å². The molecule has 1 aromatic carbocycles. The molecule has 0 aliphatic heterocycles. The van der Waals surface area contributed by atoms with Gasteiger partial charge in [-0.05, 0) is 74.9 Å². The Morgan fingerprint density at radius 2 is 2.03 bits per heavy atom. The molecule has 2 N–H and O–H groups in total. The monoisotopic (exact) mass is 434 g/mol. The highest BCUT2D eigenvalue weighted by Crippen LogP contribution is 2.34. The number of fused-ring (bicyclic) bond motifs is 1. The summed E-state index contributed by atoms with van der Waals surface area (Å²) >= 11 is 0. The van der Waals surface area contributed by atoms with Crippen LogP contribution in [0.4, 0.5) is 0 Å². The Kier molecular flexibility index (Phi) is 6.55. The molecule has 0 spiro atoms. The Bertz CT molecular complexity index is 1160. The number of aromatic amines is 1. The molecule has 0 saturated heterocycles. The summed E-state index contributed by atoms with van der Waals surface area (Å²) in [5, 5.41) is 15.0. The average Bonchev–Trinajstić information content (AvgIpc) is 3.36. The van der Waals surface area contributed by atoms with Gasteiger partial charge in [-0.25, -0.2) is 0 Å². The van der Waals surface area contributed by atoms with Crippen LogP contribution in [0.3, 0.4) is 0 Å². The molecule has 7 nitrogen and oxygen atoms in total. The van der Waals surface area contributed by atoms with Crippen molar-refractivity contribution < 1.29 is 14.4 Å². The Morgan fingerprint density at radius 3 is 2.69 bits per heavy atom. The van der Waals surface area contributed by atoms with Crippen LogP contribution in [0.1, 0.15) is 55.5 Å². The zero-order valence-corrected chi connectivity index (χ0v) is 19.1. The minimum atomic E-state index is -0.597. The van der Waals surface area contributed by atoms with E-state index in [0.29, 0.717) is 18.3 Å². The fourth-order valence-electron chi connectivity index (χ4n) is 4.32. The normalized spacial score (nSPS) is 13.4. The third-order valence-corrected chi connectivity index (χ3v) is 5.99. The molecule has 3 aromatic heterocycles. The van der Waals surface area contributed by atoms with Crippen LogP contribution in [0, 0.1) is 19.8 Å². The van der Waals surface area contributed by atoms with Crippen molar-refractivity contribution in [2.24, 2.45) is 5.92 Å². The van der Waals surface area contributed by atoms with Gasteiger partial charge in [0, 0.05) is 11.8 Å². The van der Waals surface area contributed by atoms with E-state index in [2.05, 4.69) is 39.2 Å². The molecular weight excluding hydrogens is 404 g/mol. The SMILES string of the molecule is CCOc1nc2c(CCC(CC)C(O)c3ccccn3)cc(-c3c(C)noc3C)cc2[nH]1. The lowest BCUT2D eigenvalue weighted by atomic mass is 9.89. The number of aliphatic hydroxyl groups excluding tert-OH is 1. The first-order valence-corrected chi connectivity index (χ1v) is 11.2. The van der Waals surface area contributed by atoms with Crippen LogP contribution in [0.5, 0.6) is 6.01 Å². The molecular formula is C25H30N4O3. The molecule has 0 saturated carbocycles. The summed E-state index contributed by atoms with van der Waals surface area (Å²) in [5.74, 6) is 0.877. The number of ether oxygens (including phenoxy) is 1. The van der Waals surface area contributed by atoms with Crippen LogP contribution in [-0.4, -0.2) is 31.8 Å². The summed E-state index contributed by atoms with van der Waals surface area (Å²) in [5.41, 5.74) is 6.52.